The first kappa shape index (κ1) is 22.3. The van der Waals surface area contributed by atoms with Gasteiger partial charge in [0.2, 0.25) is 6.29 Å². The molecule has 0 unspecified atom stereocenters. The second-order valence-electron chi connectivity index (χ2n) is 7.79. The van der Waals surface area contributed by atoms with Gasteiger partial charge in [-0.05, 0) is 62.3 Å². The number of aliphatic hydroxyl groups excluding tert-OH is 1. The van der Waals surface area contributed by atoms with E-state index in [4.69, 9.17) is 14.2 Å². The van der Waals surface area contributed by atoms with E-state index in [-0.39, 0.29) is 30.1 Å². The summed E-state index contributed by atoms with van der Waals surface area (Å²) in [5.41, 5.74) is 1.42. The number of nitrogens with one attached hydrogen (secondary N) is 1. The van der Waals surface area contributed by atoms with Gasteiger partial charge < -0.3 is 24.6 Å². The van der Waals surface area contributed by atoms with Crippen molar-refractivity contribution in [2.45, 2.75) is 44.8 Å². The van der Waals surface area contributed by atoms with Gasteiger partial charge in [-0.3, -0.25) is 4.79 Å². The van der Waals surface area contributed by atoms with E-state index in [1.165, 1.54) is 7.11 Å². The number of carbonyl (C=O) groups excluding carboxylic acids is 2. The van der Waals surface area contributed by atoms with E-state index in [0.29, 0.717) is 37.5 Å². The largest absolute Gasteiger partial charge is 0.465 e. The molecule has 0 bridgehead atoms. The normalized spacial score (nSPS) is 23.3. The van der Waals surface area contributed by atoms with E-state index < -0.39 is 12.3 Å². The quantitative estimate of drug-likeness (QED) is 0.569. The van der Waals surface area contributed by atoms with E-state index in [0.717, 1.165) is 18.4 Å². The maximum absolute atomic E-state index is 12.7. The average Bonchev–Trinajstić information content (AvgIpc) is 3.60. The number of benzene rings is 1. The van der Waals surface area contributed by atoms with Crippen LogP contribution in [0.2, 0.25) is 0 Å². The lowest BCUT2D eigenvalue weighted by atomic mass is 9.80. The standard InChI is InChI=1S/C23H31NO6/c1-3-29-23-18(5-4-12-25)19(16-8-10-17(11-9-16)22(27)28-2)13-20(30-23)21(26)24-14-15-6-7-15/h8-11,13,15,18-19,23,25H,3-7,12,14H2,1-2H3,(H,24,26)/t18-,19+,23+/m0/s1. The van der Waals surface area contributed by atoms with Crippen molar-refractivity contribution in [3.63, 3.8) is 0 Å². The van der Waals surface area contributed by atoms with Crippen LogP contribution in [0.3, 0.4) is 0 Å². The highest BCUT2D eigenvalue weighted by Crippen LogP contribution is 2.39. The van der Waals surface area contributed by atoms with Gasteiger partial charge in [-0.25, -0.2) is 4.79 Å². The van der Waals surface area contributed by atoms with Crippen molar-refractivity contribution in [1.29, 1.82) is 0 Å². The Labute approximate surface area is 177 Å². The Balaban J connectivity index is 1.88. The number of ether oxygens (including phenoxy) is 3. The highest BCUT2D eigenvalue weighted by atomic mass is 16.7. The Morgan fingerprint density at radius 3 is 2.57 bits per heavy atom. The Morgan fingerprint density at radius 1 is 1.23 bits per heavy atom. The van der Waals surface area contributed by atoms with Crippen molar-refractivity contribution in [2.75, 3.05) is 26.9 Å². The highest BCUT2D eigenvalue weighted by molar-refractivity contribution is 5.92. The van der Waals surface area contributed by atoms with E-state index >= 15 is 0 Å². The van der Waals surface area contributed by atoms with Crippen LogP contribution in [0.25, 0.3) is 0 Å². The lowest BCUT2D eigenvalue weighted by molar-refractivity contribution is -0.166. The lowest BCUT2D eigenvalue weighted by Gasteiger charge is -2.37. The molecule has 2 N–H and O–H groups in total. The zero-order valence-electron chi connectivity index (χ0n) is 17.6. The number of esters is 1. The number of rotatable bonds is 10. The molecular weight excluding hydrogens is 386 g/mol. The van der Waals surface area contributed by atoms with Crippen LogP contribution in [0.4, 0.5) is 0 Å². The molecule has 30 heavy (non-hydrogen) atoms. The number of hydrogen-bond donors (Lipinski definition) is 2. The average molecular weight is 418 g/mol. The first-order valence-electron chi connectivity index (χ1n) is 10.6. The SMILES string of the molecule is CCO[C@@H]1OC(C(=O)NCC2CC2)=C[C@H](c2ccc(C(=O)OC)cc2)[C@@H]1CCCO. The highest BCUT2D eigenvalue weighted by Gasteiger charge is 2.38. The summed E-state index contributed by atoms with van der Waals surface area (Å²) in [7, 11) is 1.35. The molecule has 1 fully saturated rings. The second-order valence-corrected chi connectivity index (χ2v) is 7.79. The van der Waals surface area contributed by atoms with Crippen LogP contribution in [-0.2, 0) is 19.0 Å². The molecule has 0 spiro atoms. The summed E-state index contributed by atoms with van der Waals surface area (Å²) in [4.78, 5) is 24.5. The molecule has 1 heterocycles. The van der Waals surface area contributed by atoms with Crippen molar-refractivity contribution in [3.05, 3.63) is 47.2 Å². The number of hydrogen-bond acceptors (Lipinski definition) is 6. The molecule has 1 aromatic rings. The van der Waals surface area contributed by atoms with Gasteiger partial charge >= 0.3 is 5.97 Å². The van der Waals surface area contributed by atoms with Gasteiger partial charge in [0.05, 0.1) is 12.7 Å². The molecule has 164 valence electrons. The molecule has 1 saturated carbocycles. The van der Waals surface area contributed by atoms with Gasteiger partial charge in [-0.15, -0.1) is 0 Å². The van der Waals surface area contributed by atoms with Crippen LogP contribution in [0.15, 0.2) is 36.1 Å². The first-order valence-corrected chi connectivity index (χ1v) is 10.6. The third kappa shape index (κ3) is 5.61. The summed E-state index contributed by atoms with van der Waals surface area (Å²) in [5.74, 6) is -0.0101. The summed E-state index contributed by atoms with van der Waals surface area (Å²) < 4.78 is 16.6. The molecule has 1 aliphatic heterocycles. The minimum absolute atomic E-state index is 0.0685. The van der Waals surface area contributed by atoms with Gasteiger partial charge in [0, 0.05) is 31.6 Å². The Hall–Kier alpha value is -2.38. The number of amides is 1. The van der Waals surface area contributed by atoms with E-state index in [1.807, 2.05) is 25.1 Å². The van der Waals surface area contributed by atoms with Crippen molar-refractivity contribution in [2.24, 2.45) is 11.8 Å². The zero-order chi connectivity index (χ0) is 21.5. The van der Waals surface area contributed by atoms with Crippen LogP contribution in [-0.4, -0.2) is 50.1 Å². The molecule has 1 aromatic carbocycles. The predicted molar refractivity (Wildman–Crippen MR) is 111 cm³/mol. The molecule has 3 rings (SSSR count). The summed E-state index contributed by atoms with van der Waals surface area (Å²) in [6.45, 7) is 3.07. The smallest absolute Gasteiger partial charge is 0.337 e. The summed E-state index contributed by atoms with van der Waals surface area (Å²) in [5, 5.41) is 12.3. The van der Waals surface area contributed by atoms with Gasteiger partial charge in [-0.2, -0.15) is 0 Å². The Morgan fingerprint density at radius 2 is 1.97 bits per heavy atom. The molecule has 7 nitrogen and oxygen atoms in total. The Kier molecular flexibility index (Phi) is 7.87. The molecule has 1 aliphatic carbocycles. The molecular formula is C23H31NO6. The molecule has 0 radical (unpaired) electrons. The van der Waals surface area contributed by atoms with Crippen molar-refractivity contribution < 1.29 is 28.9 Å². The molecule has 7 heteroatoms. The maximum atomic E-state index is 12.7. The maximum Gasteiger partial charge on any atom is 0.337 e. The van der Waals surface area contributed by atoms with Gasteiger partial charge in [0.15, 0.2) is 5.76 Å². The topological polar surface area (TPSA) is 94.1 Å². The first-order chi connectivity index (χ1) is 14.6. The fourth-order valence-electron chi connectivity index (χ4n) is 3.75. The van der Waals surface area contributed by atoms with Crippen molar-refractivity contribution >= 4 is 11.9 Å². The summed E-state index contributed by atoms with van der Waals surface area (Å²) in [6.07, 6.45) is 4.84. The number of allylic oxidation sites excluding steroid dienone is 1. The molecule has 3 atom stereocenters. The van der Waals surface area contributed by atoms with Crippen LogP contribution in [0.1, 0.15) is 54.4 Å². The fraction of sp³-hybridized carbons (Fsp3) is 0.565. The van der Waals surface area contributed by atoms with E-state index in [9.17, 15) is 14.7 Å². The number of methoxy groups -OCH3 is 1. The second kappa shape index (κ2) is 10.6. The molecule has 2 aliphatic rings. The molecule has 0 aromatic heterocycles. The number of carbonyl (C=O) groups is 2. The van der Waals surface area contributed by atoms with Crippen LogP contribution < -0.4 is 5.32 Å². The third-order valence-corrected chi connectivity index (χ3v) is 5.60. The van der Waals surface area contributed by atoms with Gasteiger partial charge in [0.25, 0.3) is 5.91 Å². The van der Waals surface area contributed by atoms with Crippen LogP contribution >= 0.6 is 0 Å². The summed E-state index contributed by atoms with van der Waals surface area (Å²) in [6, 6.07) is 7.17. The Bertz CT molecular complexity index is 755. The predicted octanol–water partition coefficient (Wildman–Crippen LogP) is 2.75. The lowest BCUT2D eigenvalue weighted by Crippen LogP contribution is -2.39. The summed E-state index contributed by atoms with van der Waals surface area (Å²) >= 11 is 0. The minimum atomic E-state index is -0.585. The fourth-order valence-corrected chi connectivity index (χ4v) is 3.75. The van der Waals surface area contributed by atoms with Gasteiger partial charge in [0.1, 0.15) is 0 Å². The van der Waals surface area contributed by atoms with Crippen molar-refractivity contribution in [1.82, 2.24) is 5.32 Å². The van der Waals surface area contributed by atoms with Crippen LogP contribution in [0.5, 0.6) is 0 Å². The molecule has 0 saturated heterocycles. The monoisotopic (exact) mass is 417 g/mol. The van der Waals surface area contributed by atoms with Crippen LogP contribution in [0, 0.1) is 11.8 Å². The van der Waals surface area contributed by atoms with E-state index in [1.54, 1.807) is 12.1 Å². The van der Waals surface area contributed by atoms with Gasteiger partial charge in [-0.1, -0.05) is 12.1 Å². The number of aliphatic hydroxyl groups is 1. The minimum Gasteiger partial charge on any atom is -0.465 e. The van der Waals surface area contributed by atoms with Crippen molar-refractivity contribution in [3.8, 4) is 0 Å². The van der Waals surface area contributed by atoms with E-state index in [2.05, 4.69) is 5.32 Å². The zero-order valence-corrected chi connectivity index (χ0v) is 17.6. The molecule has 1 amide bonds. The third-order valence-electron chi connectivity index (χ3n) is 5.60.